The standard InChI is InChI=1S/C51H65N7O9/c1-28-29(2)40(28)46(59)54-43-45(56-23-51(24-56)26-64-27-51)47-53-38(22-66-47)31-9-10-39-36(20-31)37(21-50(4,5)25-67-49(61)42-32-18-33(19-32)58(55-42)48(43)60)44(35-8-7-13-52-41(35)30(3)62-6)57(39)14-17-65-34-11-15-63-16-12-34/h7-10,13,20,22,28-30,32-34,40,42-43,45,55H,11-12,14-19,21,23-27H2,1-6H3,(H,54,59)/t28-,29+,30-,32?,33?,40?,42-,43-,45-/m0/s1. The number of carbonyl (C=O) groups is 3. The fraction of sp³-hybridized carbons (Fsp3) is 0.627. The molecule has 2 saturated carbocycles. The van der Waals surface area contributed by atoms with Crippen LogP contribution in [0, 0.1) is 34.5 Å². The maximum absolute atomic E-state index is 15.2. The van der Waals surface area contributed by atoms with Gasteiger partial charge in [-0.1, -0.05) is 33.8 Å². The molecule has 4 aromatic rings. The first-order valence-corrected chi connectivity index (χ1v) is 24.5. The number of pyridine rings is 1. The lowest BCUT2D eigenvalue weighted by Gasteiger charge is -2.58. The molecule has 7 fully saturated rings. The number of cyclic esters (lactones) is 1. The van der Waals surface area contributed by atoms with Crippen LogP contribution in [0.15, 0.2) is 47.2 Å². The Morgan fingerprint density at radius 1 is 1.04 bits per heavy atom. The number of carbonyl (C=O) groups excluding carboxylic acids is 3. The number of hydrogen-bond donors (Lipinski definition) is 2. The van der Waals surface area contributed by atoms with Crippen LogP contribution in [-0.2, 0) is 51.0 Å². The van der Waals surface area contributed by atoms with Crippen molar-refractivity contribution in [2.45, 2.75) is 110 Å². The molecule has 1 aromatic carbocycles. The molecule has 16 heteroatoms. The van der Waals surface area contributed by atoms with Crippen molar-refractivity contribution >= 4 is 28.7 Å². The van der Waals surface area contributed by atoms with Crippen LogP contribution in [-0.4, -0.2) is 126 Å². The molecule has 2 amide bonds. The molecule has 2 N–H and O–H groups in total. The number of ether oxygens (including phenoxy) is 5. The molecule has 6 aliphatic heterocycles. The molecule has 2 aliphatic carbocycles. The van der Waals surface area contributed by atoms with Gasteiger partial charge in [0.05, 0.1) is 50.0 Å². The van der Waals surface area contributed by atoms with Gasteiger partial charge < -0.3 is 38.0 Å². The number of hydrogen-bond acceptors (Lipinski definition) is 13. The van der Waals surface area contributed by atoms with Gasteiger partial charge >= 0.3 is 5.97 Å². The molecule has 67 heavy (non-hydrogen) atoms. The first kappa shape index (κ1) is 44.8. The van der Waals surface area contributed by atoms with E-state index in [9.17, 15) is 9.59 Å². The number of aromatic nitrogens is 3. The molecule has 9 heterocycles. The zero-order valence-corrected chi connectivity index (χ0v) is 39.6. The summed E-state index contributed by atoms with van der Waals surface area (Å²) in [6.45, 7) is 15.6. The third-order valence-corrected chi connectivity index (χ3v) is 16.2. The van der Waals surface area contributed by atoms with Crippen LogP contribution in [0.3, 0.4) is 0 Å². The van der Waals surface area contributed by atoms with Crippen molar-refractivity contribution in [2.24, 2.45) is 34.5 Å². The largest absolute Gasteiger partial charge is 0.464 e. The summed E-state index contributed by atoms with van der Waals surface area (Å²) in [5.74, 6) is -0.295. The molecular weight excluding hydrogens is 855 g/mol. The van der Waals surface area contributed by atoms with Crippen molar-refractivity contribution in [1.82, 2.24) is 35.2 Å². The van der Waals surface area contributed by atoms with Gasteiger partial charge in [0.15, 0.2) is 0 Å². The van der Waals surface area contributed by atoms with Crippen LogP contribution in [0.2, 0.25) is 0 Å². The van der Waals surface area contributed by atoms with E-state index in [1.807, 2.05) is 19.2 Å². The quantitative estimate of drug-likeness (QED) is 0.188. The summed E-state index contributed by atoms with van der Waals surface area (Å²) in [6, 6.07) is 7.86. The predicted molar refractivity (Wildman–Crippen MR) is 246 cm³/mol. The molecule has 1 spiro atoms. The molecule has 3 aromatic heterocycles. The van der Waals surface area contributed by atoms with E-state index < -0.39 is 29.5 Å². The predicted octanol–water partition coefficient (Wildman–Crippen LogP) is 5.64. The first-order valence-electron chi connectivity index (χ1n) is 24.5. The topological polar surface area (TPSA) is 172 Å². The van der Waals surface area contributed by atoms with Gasteiger partial charge in [-0.3, -0.25) is 29.3 Å². The lowest BCUT2D eigenvalue weighted by molar-refractivity contribution is -0.205. The van der Waals surface area contributed by atoms with Gasteiger partial charge in [0, 0.05) is 91.0 Å². The summed E-state index contributed by atoms with van der Waals surface area (Å²) in [5, 5.41) is 5.87. The zero-order chi connectivity index (χ0) is 46.4. The smallest absolute Gasteiger partial charge is 0.325 e. The summed E-state index contributed by atoms with van der Waals surface area (Å²) in [7, 11) is 1.70. The van der Waals surface area contributed by atoms with Crippen molar-refractivity contribution in [2.75, 3.05) is 59.8 Å². The molecule has 8 aliphatic rings. The van der Waals surface area contributed by atoms with Crippen molar-refractivity contribution in [1.29, 1.82) is 0 Å². The molecule has 12 rings (SSSR count). The van der Waals surface area contributed by atoms with Crippen molar-refractivity contribution in [3.63, 3.8) is 0 Å². The number of benzene rings is 1. The minimum absolute atomic E-state index is 0.0108. The van der Waals surface area contributed by atoms with Gasteiger partial charge in [-0.25, -0.2) is 10.4 Å². The van der Waals surface area contributed by atoms with Crippen molar-refractivity contribution in [3.8, 4) is 22.5 Å². The molecule has 5 saturated heterocycles. The number of amides is 2. The second-order valence-corrected chi connectivity index (χ2v) is 21.5. The third-order valence-electron chi connectivity index (χ3n) is 16.2. The van der Waals surface area contributed by atoms with Crippen LogP contribution in [0.25, 0.3) is 33.4 Å². The van der Waals surface area contributed by atoms with Crippen LogP contribution in [0.1, 0.15) is 89.6 Å². The average Bonchev–Trinajstić information content (AvgIpc) is 3.55. The van der Waals surface area contributed by atoms with Gasteiger partial charge in [-0.2, -0.15) is 0 Å². The fourth-order valence-corrected chi connectivity index (χ4v) is 11.8. The fourth-order valence-electron chi connectivity index (χ4n) is 11.8. The van der Waals surface area contributed by atoms with Crippen molar-refractivity contribution in [3.05, 3.63) is 59.9 Å². The number of nitrogens with one attached hydrogen (secondary N) is 2. The maximum atomic E-state index is 15.2. The van der Waals surface area contributed by atoms with Gasteiger partial charge in [-0.15, -0.1) is 0 Å². The first-order chi connectivity index (χ1) is 32.3. The highest BCUT2D eigenvalue weighted by Crippen LogP contribution is 2.48. The van der Waals surface area contributed by atoms with Gasteiger partial charge in [-0.05, 0) is 86.6 Å². The summed E-state index contributed by atoms with van der Waals surface area (Å²) >= 11 is 0. The van der Waals surface area contributed by atoms with E-state index in [1.54, 1.807) is 18.4 Å². The molecule has 1 unspecified atom stereocenters. The third kappa shape index (κ3) is 8.08. The lowest BCUT2D eigenvalue weighted by atomic mass is 9.72. The number of methoxy groups -OCH3 is 1. The lowest BCUT2D eigenvalue weighted by Crippen LogP contribution is -2.73. The van der Waals surface area contributed by atoms with E-state index in [4.69, 9.17) is 38.1 Å². The summed E-state index contributed by atoms with van der Waals surface area (Å²) in [4.78, 5) is 56.1. The SMILES string of the molecule is CO[C@@H](C)c1ncccc1-c1c2c3cc(ccc3n1CCOC1CCOCC1)-c1coc(n1)[C@@H](N1CC3(COC3)C1)[C@H](NC(=O)C1[C@@H](C)[C@H]1C)C(=O)N1N[C@H](C(=O)OCC(C)(C)C2)C2CC1C2. The highest BCUT2D eigenvalue weighted by Gasteiger charge is 2.58. The number of nitrogens with zero attached hydrogens (tertiary/aromatic N) is 5. The van der Waals surface area contributed by atoms with E-state index in [0.29, 0.717) is 83.5 Å². The van der Waals surface area contributed by atoms with Crippen LogP contribution >= 0.6 is 0 Å². The Kier molecular flexibility index (Phi) is 11.6. The highest BCUT2D eigenvalue weighted by atomic mass is 16.5. The minimum Gasteiger partial charge on any atom is -0.464 e. The van der Waals surface area contributed by atoms with Gasteiger partial charge in [0.2, 0.25) is 11.8 Å². The van der Waals surface area contributed by atoms with Crippen LogP contribution in [0.4, 0.5) is 0 Å². The number of fused-ring (bicyclic) bond motifs is 4. The monoisotopic (exact) mass is 919 g/mol. The minimum atomic E-state index is -1.05. The van der Waals surface area contributed by atoms with Crippen LogP contribution < -0.4 is 10.7 Å². The Morgan fingerprint density at radius 3 is 2.54 bits per heavy atom. The Hall–Kier alpha value is -4.71. The van der Waals surface area contributed by atoms with Gasteiger partial charge in [0.25, 0.3) is 5.91 Å². The molecule has 358 valence electrons. The van der Waals surface area contributed by atoms with Crippen LogP contribution in [0.5, 0.6) is 0 Å². The number of oxazole rings is 1. The second kappa shape index (κ2) is 17.4. The normalized spacial score (nSPS) is 30.7. The Balaban J connectivity index is 1.06. The van der Waals surface area contributed by atoms with E-state index >= 15 is 4.79 Å². The molecule has 8 bridgehead atoms. The second-order valence-electron chi connectivity index (χ2n) is 21.5. The number of likely N-dealkylation sites (tertiary alicyclic amines) is 1. The average molecular weight is 920 g/mol. The summed E-state index contributed by atoms with van der Waals surface area (Å²) < 4.78 is 38.9. The Bertz CT molecular complexity index is 2520. The highest BCUT2D eigenvalue weighted by molar-refractivity contribution is 5.95. The Labute approximate surface area is 391 Å². The number of rotatable bonds is 10. The molecule has 7 atom stereocenters. The molecular formula is C51H65N7O9. The maximum Gasteiger partial charge on any atom is 0.325 e. The number of hydrazine groups is 1. The van der Waals surface area contributed by atoms with Gasteiger partial charge in [0.1, 0.15) is 30.1 Å². The van der Waals surface area contributed by atoms with E-state index in [0.717, 1.165) is 51.8 Å². The summed E-state index contributed by atoms with van der Waals surface area (Å²) in [5.41, 5.74) is 9.14. The molecule has 16 nitrogen and oxygen atoms in total. The summed E-state index contributed by atoms with van der Waals surface area (Å²) in [6.07, 6.45) is 6.93. The molecule has 0 radical (unpaired) electrons. The zero-order valence-electron chi connectivity index (χ0n) is 39.6. The van der Waals surface area contributed by atoms with Crippen molar-refractivity contribution < 1.29 is 42.5 Å². The Morgan fingerprint density at radius 2 is 1.82 bits per heavy atom. The van der Waals surface area contributed by atoms with E-state index in [2.05, 4.69) is 72.2 Å². The number of esters is 1. The van der Waals surface area contributed by atoms with E-state index in [1.165, 1.54) is 0 Å². The van der Waals surface area contributed by atoms with E-state index in [-0.39, 0.29) is 65.8 Å².